The fourth-order valence-electron chi connectivity index (χ4n) is 2.91. The molecule has 2 amide bonds. The van der Waals surface area contributed by atoms with Crippen LogP contribution in [0, 0.1) is 17.1 Å². The molecule has 7 heteroatoms. The largest absolute Gasteiger partial charge is 0.487 e. The number of carbonyl (C=O) groups excluding carboxylic acids is 1. The standard InChI is InChI=1S/C19H20FN3O2S/c1-13(18-3-2-10-26-18)22-19(24)23-8-6-15(7-9-23)25-17-5-4-14(12-21)11-16(17)20/h2-5,10-11,13,15H,6-9H2,1H3,(H,22,24). The molecular formula is C19H20FN3O2S. The third-order valence-electron chi connectivity index (χ3n) is 4.39. The van der Waals surface area contributed by atoms with Gasteiger partial charge in [0.1, 0.15) is 6.10 Å². The van der Waals surface area contributed by atoms with Crippen molar-refractivity contribution >= 4 is 17.4 Å². The van der Waals surface area contributed by atoms with Gasteiger partial charge in [-0.25, -0.2) is 9.18 Å². The molecule has 1 unspecified atom stereocenters. The van der Waals surface area contributed by atoms with Crippen molar-refractivity contribution in [2.45, 2.75) is 31.9 Å². The summed E-state index contributed by atoms with van der Waals surface area (Å²) in [6.07, 6.45) is 1.14. The summed E-state index contributed by atoms with van der Waals surface area (Å²) in [5.41, 5.74) is 0.265. The molecule has 1 aliphatic rings. The van der Waals surface area contributed by atoms with Gasteiger partial charge in [0, 0.05) is 30.8 Å². The first-order valence-corrected chi connectivity index (χ1v) is 9.40. The van der Waals surface area contributed by atoms with Crippen molar-refractivity contribution in [2.75, 3.05) is 13.1 Å². The van der Waals surface area contributed by atoms with Crippen LogP contribution in [0.2, 0.25) is 0 Å². The molecule has 1 fully saturated rings. The molecule has 2 aromatic rings. The molecule has 26 heavy (non-hydrogen) atoms. The molecular weight excluding hydrogens is 353 g/mol. The van der Waals surface area contributed by atoms with Crippen LogP contribution in [0.3, 0.4) is 0 Å². The Balaban J connectivity index is 1.49. The Hall–Kier alpha value is -2.59. The summed E-state index contributed by atoms with van der Waals surface area (Å²) in [7, 11) is 0. The molecule has 0 saturated carbocycles. The SMILES string of the molecule is CC(NC(=O)N1CCC(Oc2ccc(C#N)cc2F)CC1)c1cccs1. The molecule has 1 atom stereocenters. The van der Waals surface area contributed by atoms with Crippen molar-refractivity contribution in [3.05, 3.63) is 52.0 Å². The number of hydrogen-bond acceptors (Lipinski definition) is 4. The predicted molar refractivity (Wildman–Crippen MR) is 97.6 cm³/mol. The fraction of sp³-hybridized carbons (Fsp3) is 0.368. The first-order chi connectivity index (χ1) is 12.6. The number of benzene rings is 1. The van der Waals surface area contributed by atoms with E-state index in [9.17, 15) is 9.18 Å². The Kier molecular flexibility index (Phi) is 5.74. The van der Waals surface area contributed by atoms with Gasteiger partial charge in [-0.1, -0.05) is 6.07 Å². The Morgan fingerprint density at radius 2 is 2.19 bits per heavy atom. The van der Waals surface area contributed by atoms with Crippen LogP contribution in [0.1, 0.15) is 36.2 Å². The molecule has 0 aliphatic carbocycles. The van der Waals surface area contributed by atoms with E-state index in [1.165, 1.54) is 18.2 Å². The number of nitrogens with zero attached hydrogens (tertiary/aromatic N) is 2. The Morgan fingerprint density at radius 3 is 2.81 bits per heavy atom. The van der Waals surface area contributed by atoms with E-state index < -0.39 is 5.82 Å². The monoisotopic (exact) mass is 373 g/mol. The molecule has 1 aromatic heterocycles. The van der Waals surface area contributed by atoms with Crippen molar-refractivity contribution in [3.63, 3.8) is 0 Å². The first-order valence-electron chi connectivity index (χ1n) is 8.52. The lowest BCUT2D eigenvalue weighted by atomic mass is 10.1. The molecule has 1 aromatic carbocycles. The van der Waals surface area contributed by atoms with Gasteiger partial charge in [0.05, 0.1) is 17.7 Å². The van der Waals surface area contributed by atoms with Gasteiger partial charge in [-0.05, 0) is 36.6 Å². The number of nitrogens with one attached hydrogen (secondary N) is 1. The third-order valence-corrected chi connectivity index (χ3v) is 5.45. The second-order valence-corrected chi connectivity index (χ2v) is 7.23. The molecule has 0 spiro atoms. The zero-order valence-electron chi connectivity index (χ0n) is 14.4. The lowest BCUT2D eigenvalue weighted by Crippen LogP contribution is -2.47. The quantitative estimate of drug-likeness (QED) is 0.878. The van der Waals surface area contributed by atoms with E-state index in [0.717, 1.165) is 4.88 Å². The summed E-state index contributed by atoms with van der Waals surface area (Å²) >= 11 is 1.62. The van der Waals surface area contributed by atoms with Gasteiger partial charge in [0.2, 0.25) is 0 Å². The number of hydrogen-bond donors (Lipinski definition) is 1. The average Bonchev–Trinajstić information content (AvgIpc) is 3.19. The zero-order chi connectivity index (χ0) is 18.5. The molecule has 5 nitrogen and oxygen atoms in total. The summed E-state index contributed by atoms with van der Waals surface area (Å²) < 4.78 is 19.6. The Bertz CT molecular complexity index is 796. The molecule has 136 valence electrons. The number of nitriles is 1. The topological polar surface area (TPSA) is 65.4 Å². The number of rotatable bonds is 4. The smallest absolute Gasteiger partial charge is 0.317 e. The Labute approximate surface area is 156 Å². The van der Waals surface area contributed by atoms with E-state index in [4.69, 9.17) is 10.00 Å². The highest BCUT2D eigenvalue weighted by molar-refractivity contribution is 7.10. The lowest BCUT2D eigenvalue weighted by Gasteiger charge is -2.33. The van der Waals surface area contributed by atoms with E-state index in [2.05, 4.69) is 5.32 Å². The van der Waals surface area contributed by atoms with Crippen LogP contribution in [0.4, 0.5) is 9.18 Å². The lowest BCUT2D eigenvalue weighted by molar-refractivity contribution is 0.107. The first kappa shape index (κ1) is 18.2. The Morgan fingerprint density at radius 1 is 1.42 bits per heavy atom. The van der Waals surface area contributed by atoms with Gasteiger partial charge in [0.25, 0.3) is 0 Å². The zero-order valence-corrected chi connectivity index (χ0v) is 15.3. The molecule has 1 N–H and O–H groups in total. The highest BCUT2D eigenvalue weighted by Gasteiger charge is 2.25. The summed E-state index contributed by atoms with van der Waals surface area (Å²) in [4.78, 5) is 15.3. The van der Waals surface area contributed by atoms with Gasteiger partial charge in [-0.15, -0.1) is 11.3 Å². The number of likely N-dealkylation sites (tertiary alicyclic amines) is 1. The van der Waals surface area contributed by atoms with Gasteiger partial charge in [-0.2, -0.15) is 5.26 Å². The minimum absolute atomic E-state index is 0.0239. The minimum atomic E-state index is -0.533. The van der Waals surface area contributed by atoms with E-state index in [1.807, 2.05) is 30.5 Å². The van der Waals surface area contributed by atoms with Gasteiger partial charge < -0.3 is 15.0 Å². The number of halogens is 1. The summed E-state index contributed by atoms with van der Waals surface area (Å²) in [6, 6.07) is 9.94. The van der Waals surface area contributed by atoms with E-state index >= 15 is 0 Å². The van der Waals surface area contributed by atoms with Gasteiger partial charge in [0.15, 0.2) is 11.6 Å². The predicted octanol–water partition coefficient (Wildman–Crippen LogP) is 4.07. The summed E-state index contributed by atoms with van der Waals surface area (Å²) in [6.45, 7) is 3.09. The van der Waals surface area contributed by atoms with Crippen molar-refractivity contribution < 1.29 is 13.9 Å². The van der Waals surface area contributed by atoms with E-state index in [-0.39, 0.29) is 29.5 Å². The number of ether oxygens (including phenoxy) is 1. The average molecular weight is 373 g/mol. The van der Waals surface area contributed by atoms with Crippen LogP contribution in [0.25, 0.3) is 0 Å². The second kappa shape index (κ2) is 8.19. The van der Waals surface area contributed by atoms with Crippen LogP contribution in [0.5, 0.6) is 5.75 Å². The maximum absolute atomic E-state index is 13.9. The molecule has 1 saturated heterocycles. The number of amides is 2. The molecule has 3 rings (SSSR count). The molecule has 2 heterocycles. The van der Waals surface area contributed by atoms with Crippen molar-refractivity contribution in [1.29, 1.82) is 5.26 Å². The maximum atomic E-state index is 13.9. The van der Waals surface area contributed by atoms with Crippen LogP contribution < -0.4 is 10.1 Å². The second-order valence-electron chi connectivity index (χ2n) is 6.25. The highest BCUT2D eigenvalue weighted by Crippen LogP contribution is 2.24. The maximum Gasteiger partial charge on any atom is 0.317 e. The molecule has 0 bridgehead atoms. The van der Waals surface area contributed by atoms with Crippen LogP contribution in [0.15, 0.2) is 35.7 Å². The van der Waals surface area contributed by atoms with E-state index in [0.29, 0.717) is 25.9 Å². The van der Waals surface area contributed by atoms with Gasteiger partial charge >= 0.3 is 6.03 Å². The van der Waals surface area contributed by atoms with Gasteiger partial charge in [-0.3, -0.25) is 0 Å². The third kappa shape index (κ3) is 4.33. The normalized spacial score (nSPS) is 16.0. The summed E-state index contributed by atoms with van der Waals surface area (Å²) in [5, 5.41) is 13.8. The number of piperidine rings is 1. The van der Waals surface area contributed by atoms with Crippen LogP contribution >= 0.6 is 11.3 Å². The van der Waals surface area contributed by atoms with Crippen molar-refractivity contribution in [3.8, 4) is 11.8 Å². The molecule has 0 radical (unpaired) electrons. The highest BCUT2D eigenvalue weighted by atomic mass is 32.1. The number of urea groups is 1. The fourth-order valence-corrected chi connectivity index (χ4v) is 3.64. The van der Waals surface area contributed by atoms with Crippen LogP contribution in [-0.2, 0) is 0 Å². The summed E-state index contributed by atoms with van der Waals surface area (Å²) in [5.74, 6) is -0.382. The minimum Gasteiger partial charge on any atom is -0.487 e. The molecule has 1 aliphatic heterocycles. The van der Waals surface area contributed by atoms with Crippen molar-refractivity contribution in [2.24, 2.45) is 0 Å². The van der Waals surface area contributed by atoms with E-state index in [1.54, 1.807) is 16.2 Å². The number of thiophene rings is 1. The van der Waals surface area contributed by atoms with Crippen molar-refractivity contribution in [1.82, 2.24) is 10.2 Å². The number of carbonyl (C=O) groups is 1. The van der Waals surface area contributed by atoms with Crippen LogP contribution in [-0.4, -0.2) is 30.1 Å².